The van der Waals surface area contributed by atoms with Crippen molar-refractivity contribution in [3.63, 3.8) is 0 Å². The molecule has 1 heterocycles. The van der Waals surface area contributed by atoms with Gasteiger partial charge in [0.25, 0.3) is 0 Å². The van der Waals surface area contributed by atoms with Gasteiger partial charge in [0.15, 0.2) is 0 Å². The Morgan fingerprint density at radius 1 is 1.21 bits per heavy atom. The molecule has 0 bridgehead atoms. The lowest BCUT2D eigenvalue weighted by molar-refractivity contribution is 0.594. The lowest BCUT2D eigenvalue weighted by atomic mass is 10.0. The molecule has 0 radical (unpaired) electrons. The summed E-state index contributed by atoms with van der Waals surface area (Å²) in [5.74, 6) is 1.01. The fourth-order valence-corrected chi connectivity index (χ4v) is 2.53. The van der Waals surface area contributed by atoms with Gasteiger partial charge in [0.2, 0.25) is 0 Å². The molecule has 0 N–H and O–H groups in total. The van der Waals surface area contributed by atoms with Crippen molar-refractivity contribution in [2.24, 2.45) is 0 Å². The number of furan rings is 1. The summed E-state index contributed by atoms with van der Waals surface area (Å²) in [6.07, 6.45) is 4.35. The zero-order chi connectivity index (χ0) is 9.54. The maximum atomic E-state index is 5.79. The topological polar surface area (TPSA) is 13.1 Å². The van der Waals surface area contributed by atoms with E-state index in [1.807, 2.05) is 12.1 Å². The van der Waals surface area contributed by atoms with Gasteiger partial charge in [-0.25, -0.2) is 0 Å². The number of aryl methyl sites for hydroxylation is 1. The number of benzene rings is 1. The molecule has 1 aliphatic carbocycles. The van der Waals surface area contributed by atoms with E-state index in [0.717, 1.165) is 28.7 Å². The van der Waals surface area contributed by atoms with Crippen LogP contribution in [0.2, 0.25) is 0 Å². The van der Waals surface area contributed by atoms with Gasteiger partial charge >= 0.3 is 0 Å². The highest BCUT2D eigenvalue weighted by atomic mass is 79.9. The number of rotatable bonds is 0. The highest BCUT2D eigenvalue weighted by Crippen LogP contribution is 2.37. The third-order valence-electron chi connectivity index (χ3n) is 2.63. The van der Waals surface area contributed by atoms with Crippen LogP contribution in [0.25, 0.3) is 15.5 Å². The van der Waals surface area contributed by atoms with Crippen LogP contribution in [0.3, 0.4) is 0 Å². The second kappa shape index (κ2) is 2.99. The van der Waals surface area contributed by atoms with Crippen molar-refractivity contribution in [1.82, 2.24) is 0 Å². The van der Waals surface area contributed by atoms with Crippen LogP contribution in [-0.4, -0.2) is 0 Å². The van der Waals surface area contributed by atoms with Crippen molar-refractivity contribution in [2.45, 2.75) is 12.8 Å². The molecule has 0 aliphatic heterocycles. The monoisotopic (exact) mass is 248 g/mol. The average Bonchev–Trinajstić information content (AvgIpc) is 2.59. The lowest BCUT2D eigenvalue weighted by Crippen LogP contribution is -1.91. The van der Waals surface area contributed by atoms with Gasteiger partial charge < -0.3 is 4.42 Å². The van der Waals surface area contributed by atoms with E-state index in [0.29, 0.717) is 0 Å². The Morgan fingerprint density at radius 2 is 2.07 bits per heavy atom. The molecule has 1 aliphatic rings. The van der Waals surface area contributed by atoms with Gasteiger partial charge in [-0.3, -0.25) is 0 Å². The smallest absolute Gasteiger partial charge is 0.145 e. The molecule has 70 valence electrons. The summed E-state index contributed by atoms with van der Waals surface area (Å²) in [7, 11) is 0. The second-order valence-corrected chi connectivity index (χ2v) is 4.35. The van der Waals surface area contributed by atoms with E-state index in [1.165, 1.54) is 10.9 Å². The van der Waals surface area contributed by atoms with E-state index in [2.05, 4.69) is 34.1 Å². The van der Waals surface area contributed by atoms with Crippen molar-refractivity contribution in [3.05, 3.63) is 41.7 Å². The Balaban J connectivity index is 2.40. The van der Waals surface area contributed by atoms with Crippen molar-refractivity contribution in [2.75, 3.05) is 0 Å². The van der Waals surface area contributed by atoms with Crippen LogP contribution in [0, 0.1) is 0 Å². The fourth-order valence-electron chi connectivity index (χ4n) is 1.98. The maximum absolute atomic E-state index is 5.79. The van der Waals surface area contributed by atoms with E-state index in [9.17, 15) is 0 Å². The third kappa shape index (κ3) is 1.07. The largest absolute Gasteiger partial charge is 0.455 e. The Hall–Kier alpha value is -1.02. The first kappa shape index (κ1) is 8.30. The highest BCUT2D eigenvalue weighted by molar-refractivity contribution is 9.15. The van der Waals surface area contributed by atoms with E-state index < -0.39 is 0 Å². The minimum absolute atomic E-state index is 0.991. The molecule has 0 unspecified atom stereocenters. The van der Waals surface area contributed by atoms with Gasteiger partial charge in [0, 0.05) is 10.9 Å². The third-order valence-corrected chi connectivity index (χ3v) is 3.32. The van der Waals surface area contributed by atoms with Crippen LogP contribution < -0.4 is 0 Å². The van der Waals surface area contributed by atoms with Crippen LogP contribution >= 0.6 is 15.9 Å². The molecule has 1 aromatic carbocycles. The molecule has 2 aromatic rings. The number of allylic oxidation sites excluding steroid dienone is 1. The molecule has 0 spiro atoms. The lowest BCUT2D eigenvalue weighted by Gasteiger charge is -2.06. The van der Waals surface area contributed by atoms with E-state index in [4.69, 9.17) is 4.42 Å². The van der Waals surface area contributed by atoms with Crippen LogP contribution in [0.5, 0.6) is 0 Å². The molecule has 1 nitrogen and oxygen atoms in total. The molecule has 2 heteroatoms. The first-order valence-electron chi connectivity index (χ1n) is 4.73. The van der Waals surface area contributed by atoms with Crippen molar-refractivity contribution in [3.8, 4) is 0 Å². The zero-order valence-corrected chi connectivity index (χ0v) is 9.17. The van der Waals surface area contributed by atoms with Gasteiger partial charge in [0.1, 0.15) is 11.3 Å². The Morgan fingerprint density at radius 3 is 3.00 bits per heavy atom. The highest BCUT2D eigenvalue weighted by Gasteiger charge is 2.18. The molecule has 0 atom stereocenters. The normalized spacial score (nSPS) is 15.4. The standard InChI is InChI=1S/C12H9BrO/c13-10-6-3-5-9-8-4-1-2-7-11(8)14-12(9)10/h1-2,4,6-7H,3,5H2. The predicted molar refractivity (Wildman–Crippen MR) is 61.4 cm³/mol. The molecular formula is C12H9BrO. The van der Waals surface area contributed by atoms with Gasteiger partial charge in [-0.1, -0.05) is 24.3 Å². The number of fused-ring (bicyclic) bond motifs is 3. The Labute approximate surface area is 90.5 Å². The molecule has 1 aromatic heterocycles. The number of hydrogen-bond acceptors (Lipinski definition) is 1. The van der Waals surface area contributed by atoms with Crippen LogP contribution in [0.1, 0.15) is 17.7 Å². The van der Waals surface area contributed by atoms with Gasteiger partial charge in [0.05, 0.1) is 4.48 Å². The van der Waals surface area contributed by atoms with Gasteiger partial charge in [-0.15, -0.1) is 0 Å². The molecule has 0 fully saturated rings. The average molecular weight is 249 g/mol. The van der Waals surface area contributed by atoms with E-state index in [-0.39, 0.29) is 0 Å². The van der Waals surface area contributed by atoms with Gasteiger partial charge in [-0.05, 0) is 34.8 Å². The van der Waals surface area contributed by atoms with Crippen molar-refractivity contribution in [1.29, 1.82) is 0 Å². The molecular weight excluding hydrogens is 240 g/mol. The zero-order valence-electron chi connectivity index (χ0n) is 7.59. The van der Waals surface area contributed by atoms with Crippen LogP contribution in [0.4, 0.5) is 0 Å². The molecule has 0 saturated carbocycles. The summed E-state index contributed by atoms with van der Waals surface area (Å²) in [4.78, 5) is 0. The molecule has 3 rings (SSSR count). The summed E-state index contributed by atoms with van der Waals surface area (Å²) in [5, 5.41) is 1.26. The van der Waals surface area contributed by atoms with Crippen LogP contribution in [-0.2, 0) is 6.42 Å². The summed E-state index contributed by atoms with van der Waals surface area (Å²) in [6.45, 7) is 0. The maximum Gasteiger partial charge on any atom is 0.145 e. The molecule has 0 amide bonds. The van der Waals surface area contributed by atoms with Crippen molar-refractivity contribution >= 4 is 31.4 Å². The molecule has 14 heavy (non-hydrogen) atoms. The summed E-state index contributed by atoms with van der Waals surface area (Å²) < 4.78 is 6.88. The Bertz CT molecular complexity index is 522. The first-order valence-corrected chi connectivity index (χ1v) is 5.52. The quantitative estimate of drug-likeness (QED) is 0.684. The first-order chi connectivity index (χ1) is 6.86. The number of para-hydroxylation sites is 1. The predicted octanol–water partition coefficient (Wildman–Crippen LogP) is 4.11. The molecule has 0 saturated heterocycles. The van der Waals surface area contributed by atoms with E-state index in [1.54, 1.807) is 0 Å². The minimum Gasteiger partial charge on any atom is -0.455 e. The fraction of sp³-hybridized carbons (Fsp3) is 0.167. The van der Waals surface area contributed by atoms with Crippen LogP contribution in [0.15, 0.2) is 34.8 Å². The summed E-state index contributed by atoms with van der Waals surface area (Å²) in [5.41, 5.74) is 2.33. The minimum atomic E-state index is 0.991. The summed E-state index contributed by atoms with van der Waals surface area (Å²) >= 11 is 3.53. The number of hydrogen-bond donors (Lipinski definition) is 0. The van der Waals surface area contributed by atoms with E-state index >= 15 is 0 Å². The van der Waals surface area contributed by atoms with Gasteiger partial charge in [-0.2, -0.15) is 0 Å². The number of halogens is 1. The SMILES string of the molecule is BrC1=CCCc2c1oc1ccccc21. The second-order valence-electron chi connectivity index (χ2n) is 3.50. The Kier molecular flexibility index (Phi) is 1.77. The van der Waals surface area contributed by atoms with Crippen molar-refractivity contribution < 1.29 is 4.42 Å². The summed E-state index contributed by atoms with van der Waals surface area (Å²) in [6, 6.07) is 8.22.